The molecular formula is C12H9BrCl2FN3O. The number of hydrogen-bond acceptors (Lipinski definition) is 4. The largest absolute Gasteiger partial charge is 0.378 e. The van der Waals surface area contributed by atoms with Crippen LogP contribution in [0.4, 0.5) is 10.2 Å². The number of morpholine rings is 1. The van der Waals surface area contributed by atoms with Crippen LogP contribution in [0.25, 0.3) is 10.9 Å². The molecule has 1 aliphatic heterocycles. The second-order valence-corrected chi connectivity index (χ2v) is 5.84. The smallest absolute Gasteiger partial charge is 0.225 e. The van der Waals surface area contributed by atoms with Crippen molar-refractivity contribution in [2.24, 2.45) is 0 Å². The summed E-state index contributed by atoms with van der Waals surface area (Å²) < 4.78 is 19.7. The summed E-state index contributed by atoms with van der Waals surface area (Å²) in [5.41, 5.74) is 0.155. The Bertz CT molecular complexity index is 680. The van der Waals surface area contributed by atoms with Crippen molar-refractivity contribution in [1.29, 1.82) is 0 Å². The minimum Gasteiger partial charge on any atom is -0.378 e. The van der Waals surface area contributed by atoms with Crippen LogP contribution in [0.3, 0.4) is 0 Å². The quantitative estimate of drug-likeness (QED) is 0.558. The second kappa shape index (κ2) is 5.60. The van der Waals surface area contributed by atoms with E-state index in [2.05, 4.69) is 25.9 Å². The van der Waals surface area contributed by atoms with Crippen LogP contribution >= 0.6 is 39.1 Å². The van der Waals surface area contributed by atoms with Crippen molar-refractivity contribution < 1.29 is 9.13 Å². The summed E-state index contributed by atoms with van der Waals surface area (Å²) in [6.07, 6.45) is 0. The number of halogens is 4. The van der Waals surface area contributed by atoms with Crippen molar-refractivity contribution in [3.63, 3.8) is 0 Å². The first-order valence-electron chi connectivity index (χ1n) is 5.91. The lowest BCUT2D eigenvalue weighted by Gasteiger charge is -2.28. The number of rotatable bonds is 1. The molecule has 0 atom stereocenters. The van der Waals surface area contributed by atoms with Gasteiger partial charge in [-0.05, 0) is 33.6 Å². The van der Waals surface area contributed by atoms with E-state index in [0.717, 1.165) is 0 Å². The molecule has 1 aromatic carbocycles. The summed E-state index contributed by atoms with van der Waals surface area (Å²) in [6, 6.07) is 1.64. The maximum atomic E-state index is 14.3. The lowest BCUT2D eigenvalue weighted by Crippen LogP contribution is -2.37. The molecule has 1 fully saturated rings. The fourth-order valence-corrected chi connectivity index (χ4v) is 2.81. The van der Waals surface area contributed by atoms with Gasteiger partial charge >= 0.3 is 0 Å². The molecule has 0 unspecified atom stereocenters. The monoisotopic (exact) mass is 379 g/mol. The molecule has 20 heavy (non-hydrogen) atoms. The third kappa shape index (κ3) is 2.45. The van der Waals surface area contributed by atoms with Crippen LogP contribution in [0.1, 0.15) is 0 Å². The molecular weight excluding hydrogens is 372 g/mol. The third-order valence-electron chi connectivity index (χ3n) is 3.09. The van der Waals surface area contributed by atoms with Gasteiger partial charge in [0.2, 0.25) is 5.28 Å². The molecule has 2 heterocycles. The van der Waals surface area contributed by atoms with Gasteiger partial charge in [-0.25, -0.2) is 9.37 Å². The van der Waals surface area contributed by atoms with Crippen LogP contribution in [0, 0.1) is 5.82 Å². The number of ether oxygens (including phenoxy) is 1. The first kappa shape index (κ1) is 14.3. The molecule has 1 aromatic heterocycles. The van der Waals surface area contributed by atoms with Gasteiger partial charge in [-0.2, -0.15) is 4.98 Å². The molecule has 4 nitrogen and oxygen atoms in total. The van der Waals surface area contributed by atoms with Gasteiger partial charge in [0.05, 0.1) is 22.7 Å². The molecule has 106 valence electrons. The molecule has 0 saturated carbocycles. The van der Waals surface area contributed by atoms with Crippen molar-refractivity contribution in [2.75, 3.05) is 31.2 Å². The normalized spacial score (nSPS) is 15.9. The average molecular weight is 381 g/mol. The fourth-order valence-electron chi connectivity index (χ4n) is 2.15. The predicted molar refractivity (Wildman–Crippen MR) is 80.2 cm³/mol. The highest BCUT2D eigenvalue weighted by molar-refractivity contribution is 9.10. The summed E-state index contributed by atoms with van der Waals surface area (Å²) in [7, 11) is 0. The van der Waals surface area contributed by atoms with Gasteiger partial charge in [0, 0.05) is 18.5 Å². The SMILES string of the molecule is Fc1c(Br)c(Cl)cc2c(N3CCOCC3)nc(Cl)nc12. The Labute approximate surface area is 133 Å². The Morgan fingerprint density at radius 1 is 1.25 bits per heavy atom. The first-order chi connectivity index (χ1) is 9.58. The molecule has 0 bridgehead atoms. The highest BCUT2D eigenvalue weighted by Gasteiger charge is 2.21. The summed E-state index contributed by atoms with van der Waals surface area (Å²) >= 11 is 15.0. The lowest BCUT2D eigenvalue weighted by atomic mass is 10.2. The fraction of sp³-hybridized carbons (Fsp3) is 0.333. The van der Waals surface area contributed by atoms with Gasteiger partial charge in [-0.1, -0.05) is 11.6 Å². The first-order valence-corrected chi connectivity index (χ1v) is 7.46. The maximum Gasteiger partial charge on any atom is 0.225 e. The molecule has 2 aromatic rings. The van der Waals surface area contributed by atoms with E-state index >= 15 is 0 Å². The molecule has 0 radical (unpaired) electrons. The third-order valence-corrected chi connectivity index (χ3v) is 4.56. The number of fused-ring (bicyclic) bond motifs is 1. The van der Waals surface area contributed by atoms with E-state index in [4.69, 9.17) is 27.9 Å². The zero-order chi connectivity index (χ0) is 14.3. The van der Waals surface area contributed by atoms with Crippen LogP contribution < -0.4 is 4.90 Å². The van der Waals surface area contributed by atoms with E-state index in [-0.39, 0.29) is 20.3 Å². The van der Waals surface area contributed by atoms with Crippen molar-refractivity contribution in [2.45, 2.75) is 0 Å². The number of hydrogen-bond donors (Lipinski definition) is 0. The molecule has 1 saturated heterocycles. The summed E-state index contributed by atoms with van der Waals surface area (Å²) in [5, 5.41) is 0.824. The minimum atomic E-state index is -0.536. The zero-order valence-corrected chi connectivity index (χ0v) is 13.3. The van der Waals surface area contributed by atoms with Crippen LogP contribution in [0.15, 0.2) is 10.5 Å². The summed E-state index contributed by atoms with van der Waals surface area (Å²) in [6.45, 7) is 2.52. The number of nitrogens with zero attached hydrogens (tertiary/aromatic N) is 3. The number of benzene rings is 1. The van der Waals surface area contributed by atoms with Gasteiger partial charge in [-0.3, -0.25) is 0 Å². The standard InChI is InChI=1S/C12H9BrCl2FN3O/c13-8-7(14)5-6-10(9(8)16)17-12(15)18-11(6)19-1-3-20-4-2-19/h5H,1-4H2. The Hall–Kier alpha value is -0.690. The Balaban J connectivity index is 2.25. The van der Waals surface area contributed by atoms with Crippen molar-refractivity contribution in [3.8, 4) is 0 Å². The van der Waals surface area contributed by atoms with E-state index < -0.39 is 5.82 Å². The predicted octanol–water partition coefficient (Wildman–Crippen LogP) is 3.67. The summed E-state index contributed by atoms with van der Waals surface area (Å²) in [5.74, 6) is 0.0444. The summed E-state index contributed by atoms with van der Waals surface area (Å²) in [4.78, 5) is 10.2. The van der Waals surface area contributed by atoms with Crippen molar-refractivity contribution in [1.82, 2.24) is 9.97 Å². The molecule has 0 aliphatic carbocycles. The highest BCUT2D eigenvalue weighted by atomic mass is 79.9. The van der Waals surface area contributed by atoms with E-state index in [1.165, 1.54) is 0 Å². The topological polar surface area (TPSA) is 38.2 Å². The molecule has 0 amide bonds. The Morgan fingerprint density at radius 2 is 1.95 bits per heavy atom. The molecule has 0 spiro atoms. The van der Waals surface area contributed by atoms with Crippen LogP contribution in [0.2, 0.25) is 10.3 Å². The van der Waals surface area contributed by atoms with Gasteiger partial charge in [-0.15, -0.1) is 0 Å². The minimum absolute atomic E-state index is 0.00659. The van der Waals surface area contributed by atoms with E-state index in [1.807, 2.05) is 4.90 Å². The van der Waals surface area contributed by atoms with Gasteiger partial charge < -0.3 is 9.64 Å². The van der Waals surface area contributed by atoms with Crippen LogP contribution in [0.5, 0.6) is 0 Å². The Kier molecular flexibility index (Phi) is 3.99. The zero-order valence-electron chi connectivity index (χ0n) is 10.2. The molecule has 1 aliphatic rings. The number of aromatic nitrogens is 2. The van der Waals surface area contributed by atoms with Gasteiger partial charge in [0.25, 0.3) is 0 Å². The lowest BCUT2D eigenvalue weighted by molar-refractivity contribution is 0.122. The van der Waals surface area contributed by atoms with Gasteiger partial charge in [0.1, 0.15) is 11.3 Å². The van der Waals surface area contributed by atoms with E-state index in [0.29, 0.717) is 37.5 Å². The maximum absolute atomic E-state index is 14.3. The van der Waals surface area contributed by atoms with Gasteiger partial charge in [0.15, 0.2) is 5.82 Å². The number of anilines is 1. The Morgan fingerprint density at radius 3 is 2.65 bits per heavy atom. The second-order valence-electron chi connectivity index (χ2n) is 4.30. The molecule has 3 rings (SSSR count). The average Bonchev–Trinajstić information content (AvgIpc) is 2.46. The van der Waals surface area contributed by atoms with Crippen LogP contribution in [-0.4, -0.2) is 36.3 Å². The molecule has 8 heteroatoms. The molecule has 0 N–H and O–H groups in total. The van der Waals surface area contributed by atoms with E-state index in [9.17, 15) is 4.39 Å². The van der Waals surface area contributed by atoms with Crippen LogP contribution in [-0.2, 0) is 4.74 Å². The van der Waals surface area contributed by atoms with Crippen molar-refractivity contribution >= 4 is 55.9 Å². The van der Waals surface area contributed by atoms with E-state index in [1.54, 1.807) is 6.07 Å². The van der Waals surface area contributed by atoms with Crippen molar-refractivity contribution in [3.05, 3.63) is 26.7 Å². The highest BCUT2D eigenvalue weighted by Crippen LogP contribution is 2.35.